The number of rotatable bonds is 3. The smallest absolute Gasteiger partial charge is 0.249 e. The van der Waals surface area contributed by atoms with Gasteiger partial charge in [-0.2, -0.15) is 0 Å². The molecule has 3 N–H and O–H groups in total. The Kier molecular flexibility index (Phi) is 3.39. The van der Waals surface area contributed by atoms with E-state index < -0.39 is 10.0 Å². The van der Waals surface area contributed by atoms with Gasteiger partial charge in [-0.1, -0.05) is 0 Å². The van der Waals surface area contributed by atoms with Crippen molar-refractivity contribution in [1.82, 2.24) is 9.97 Å². The molecule has 0 aliphatic rings. The van der Waals surface area contributed by atoms with E-state index in [1.807, 2.05) is 0 Å². The number of nitrogens with one attached hydrogen (secondary N) is 1. The van der Waals surface area contributed by atoms with E-state index in [1.54, 1.807) is 12.1 Å². The highest BCUT2D eigenvalue weighted by atomic mass is 32.2. The van der Waals surface area contributed by atoms with Gasteiger partial charge in [0.15, 0.2) is 0 Å². The van der Waals surface area contributed by atoms with Crippen molar-refractivity contribution in [2.45, 2.75) is 4.90 Å². The molecule has 3 aromatic rings. The van der Waals surface area contributed by atoms with Crippen LogP contribution in [0.2, 0.25) is 0 Å². The fourth-order valence-electron chi connectivity index (χ4n) is 1.95. The highest BCUT2D eigenvalue weighted by molar-refractivity contribution is 7.89. The van der Waals surface area contributed by atoms with Crippen LogP contribution in [0.15, 0.2) is 58.4 Å². The van der Waals surface area contributed by atoms with Crippen LogP contribution in [0.5, 0.6) is 11.5 Å². The number of hydrogen-bond acceptors (Lipinski definition) is 5. The first-order valence-electron chi connectivity index (χ1n) is 6.22. The molecule has 3 rings (SSSR count). The second-order valence-electron chi connectivity index (χ2n) is 4.51. The Hall–Kier alpha value is -2.71. The largest absolute Gasteiger partial charge is 0.457 e. The molecule has 0 unspecified atom stereocenters. The number of fused-ring (bicyclic) bond motifs is 1. The molecule has 0 atom stereocenters. The van der Waals surface area contributed by atoms with E-state index >= 15 is 0 Å². The van der Waals surface area contributed by atoms with Crippen LogP contribution in [0.3, 0.4) is 0 Å². The lowest BCUT2D eigenvalue weighted by molar-refractivity contribution is 0.487. The fraction of sp³-hybridized carbons (Fsp3) is 0. The summed E-state index contributed by atoms with van der Waals surface area (Å²) in [6, 6.07) is 10.3. The van der Waals surface area contributed by atoms with E-state index in [-0.39, 0.29) is 10.5 Å². The molecule has 7 nitrogen and oxygen atoms in total. The van der Waals surface area contributed by atoms with Gasteiger partial charge in [-0.25, -0.2) is 18.5 Å². The van der Waals surface area contributed by atoms with Gasteiger partial charge in [0, 0.05) is 12.3 Å². The Labute approximate surface area is 125 Å². The molecule has 0 saturated heterocycles. The van der Waals surface area contributed by atoms with E-state index in [9.17, 15) is 13.2 Å². The van der Waals surface area contributed by atoms with Crippen LogP contribution < -0.4 is 15.4 Å². The number of aromatic amines is 1. The van der Waals surface area contributed by atoms with Gasteiger partial charge in [0.25, 0.3) is 0 Å². The Balaban J connectivity index is 1.98. The molecule has 2 aromatic heterocycles. The van der Waals surface area contributed by atoms with Gasteiger partial charge in [0.1, 0.15) is 17.1 Å². The number of ether oxygens (including phenoxy) is 1. The van der Waals surface area contributed by atoms with Gasteiger partial charge in [-0.15, -0.1) is 0 Å². The maximum absolute atomic E-state index is 11.3. The molecular formula is C14H11N3O4S. The highest BCUT2D eigenvalue weighted by Crippen LogP contribution is 2.27. The number of nitrogens with two attached hydrogens (primary N) is 1. The van der Waals surface area contributed by atoms with Gasteiger partial charge in [0.05, 0.1) is 10.3 Å². The molecule has 8 heteroatoms. The molecule has 0 fully saturated rings. The first-order valence-corrected chi connectivity index (χ1v) is 7.77. The van der Waals surface area contributed by atoms with Gasteiger partial charge in [0.2, 0.25) is 15.6 Å². The maximum atomic E-state index is 11.3. The van der Waals surface area contributed by atoms with Crippen molar-refractivity contribution in [2.75, 3.05) is 0 Å². The number of nitrogens with zero attached hydrogens (tertiary/aromatic N) is 1. The molecule has 0 amide bonds. The van der Waals surface area contributed by atoms with E-state index in [0.29, 0.717) is 22.5 Å². The van der Waals surface area contributed by atoms with Crippen molar-refractivity contribution in [3.8, 4) is 11.5 Å². The Morgan fingerprint density at radius 2 is 1.77 bits per heavy atom. The molecule has 0 bridgehead atoms. The number of primary sulfonamides is 1. The predicted octanol–water partition coefficient (Wildman–Crippen LogP) is 1.36. The van der Waals surface area contributed by atoms with Crippen molar-refractivity contribution >= 4 is 21.1 Å². The molecule has 22 heavy (non-hydrogen) atoms. The zero-order valence-corrected chi connectivity index (χ0v) is 12.0. The van der Waals surface area contributed by atoms with E-state index in [2.05, 4.69) is 9.97 Å². The van der Waals surface area contributed by atoms with Crippen molar-refractivity contribution < 1.29 is 13.2 Å². The van der Waals surface area contributed by atoms with Crippen molar-refractivity contribution in [3.63, 3.8) is 0 Å². The number of hydrogen-bond donors (Lipinski definition) is 2. The summed E-state index contributed by atoms with van der Waals surface area (Å²) < 4.78 is 28.1. The van der Waals surface area contributed by atoms with Crippen molar-refractivity contribution in [2.24, 2.45) is 5.14 Å². The lowest BCUT2D eigenvalue weighted by Gasteiger charge is -2.08. The van der Waals surface area contributed by atoms with Gasteiger partial charge in [-0.3, -0.25) is 4.79 Å². The minimum Gasteiger partial charge on any atom is -0.457 e. The number of aromatic nitrogens is 2. The number of H-pyrrole nitrogens is 1. The minimum atomic E-state index is -3.74. The molecule has 0 radical (unpaired) electrons. The molecule has 1 aromatic carbocycles. The minimum absolute atomic E-state index is 0.00349. The molecule has 0 aliphatic carbocycles. The van der Waals surface area contributed by atoms with Crippen LogP contribution in [0, 0.1) is 0 Å². The first kappa shape index (κ1) is 14.2. The molecule has 0 spiro atoms. The van der Waals surface area contributed by atoms with Crippen molar-refractivity contribution in [1.29, 1.82) is 0 Å². The molecule has 112 valence electrons. The third-order valence-corrected chi connectivity index (χ3v) is 3.90. The third-order valence-electron chi connectivity index (χ3n) is 2.97. The Morgan fingerprint density at radius 3 is 2.45 bits per heavy atom. The summed E-state index contributed by atoms with van der Waals surface area (Å²) in [4.78, 5) is 17.9. The van der Waals surface area contributed by atoms with Crippen molar-refractivity contribution in [3.05, 3.63) is 59.0 Å². The van der Waals surface area contributed by atoms with Gasteiger partial charge >= 0.3 is 0 Å². The number of sulfonamides is 1. The zero-order valence-electron chi connectivity index (χ0n) is 11.2. The first-order chi connectivity index (χ1) is 10.4. The summed E-state index contributed by atoms with van der Waals surface area (Å²) in [5, 5.41) is 5.67. The summed E-state index contributed by atoms with van der Waals surface area (Å²) in [5.74, 6) is 0.927. The average molecular weight is 317 g/mol. The van der Waals surface area contributed by atoms with E-state index in [1.165, 1.54) is 36.5 Å². The lowest BCUT2D eigenvalue weighted by Crippen LogP contribution is -2.11. The number of benzene rings is 1. The fourth-order valence-corrected chi connectivity index (χ4v) is 2.46. The Bertz CT molecular complexity index is 995. The molecule has 0 saturated carbocycles. The van der Waals surface area contributed by atoms with Gasteiger partial charge < -0.3 is 9.72 Å². The third kappa shape index (κ3) is 2.83. The predicted molar refractivity (Wildman–Crippen MR) is 80.3 cm³/mol. The summed E-state index contributed by atoms with van der Waals surface area (Å²) in [5.41, 5.74) is 0.154. The normalized spacial score (nSPS) is 11.5. The summed E-state index contributed by atoms with van der Waals surface area (Å²) >= 11 is 0. The Morgan fingerprint density at radius 1 is 1.05 bits per heavy atom. The average Bonchev–Trinajstić information content (AvgIpc) is 2.47. The SMILES string of the molecule is NS(=O)(=O)c1ccc(Oc2ccnc3[nH]c(=O)ccc23)cc1. The van der Waals surface area contributed by atoms with E-state index in [0.717, 1.165) is 0 Å². The molecule has 2 heterocycles. The standard InChI is InChI=1S/C14H11N3O4S/c15-22(19,20)10-3-1-9(2-4-10)21-12-7-8-16-14-11(12)5-6-13(18)17-14/h1-8H,(H2,15,19,20)(H,16,17,18). The summed E-state index contributed by atoms with van der Waals surface area (Å²) in [6.07, 6.45) is 1.51. The van der Waals surface area contributed by atoms with Gasteiger partial charge in [-0.05, 0) is 36.4 Å². The highest BCUT2D eigenvalue weighted by Gasteiger charge is 2.09. The molecule has 0 aliphatic heterocycles. The zero-order chi connectivity index (χ0) is 15.7. The van der Waals surface area contributed by atoms with Crippen LogP contribution in [0.4, 0.5) is 0 Å². The van der Waals surface area contributed by atoms with Crippen LogP contribution in [-0.4, -0.2) is 18.4 Å². The molecular weight excluding hydrogens is 306 g/mol. The summed E-state index contributed by atoms with van der Waals surface area (Å²) in [7, 11) is -3.74. The van der Waals surface area contributed by atoms with Crippen LogP contribution in [0.1, 0.15) is 0 Å². The second kappa shape index (κ2) is 5.24. The maximum Gasteiger partial charge on any atom is 0.249 e. The quantitative estimate of drug-likeness (QED) is 0.757. The monoisotopic (exact) mass is 317 g/mol. The van der Waals surface area contributed by atoms with E-state index in [4.69, 9.17) is 9.88 Å². The number of pyridine rings is 2. The summed E-state index contributed by atoms with van der Waals surface area (Å²) in [6.45, 7) is 0. The van der Waals surface area contributed by atoms with Crippen LogP contribution >= 0.6 is 0 Å². The van der Waals surface area contributed by atoms with Crippen LogP contribution in [0.25, 0.3) is 11.0 Å². The van der Waals surface area contributed by atoms with Crippen LogP contribution in [-0.2, 0) is 10.0 Å². The lowest BCUT2D eigenvalue weighted by atomic mass is 10.2. The second-order valence-corrected chi connectivity index (χ2v) is 6.07. The topological polar surface area (TPSA) is 115 Å².